The molecule has 0 aromatic carbocycles. The summed E-state index contributed by atoms with van der Waals surface area (Å²) in [6.45, 7) is 5.81. The number of anilines is 3. The first-order valence-electron chi connectivity index (χ1n) is 5.91. The van der Waals surface area contributed by atoms with Gasteiger partial charge in [0.05, 0.1) is 6.54 Å². The molecule has 106 valence electrons. The van der Waals surface area contributed by atoms with Gasteiger partial charge >= 0.3 is 0 Å². The first kappa shape index (κ1) is 14.9. The molecule has 19 heavy (non-hydrogen) atoms. The van der Waals surface area contributed by atoms with Gasteiger partial charge in [-0.15, -0.1) is 0 Å². The summed E-state index contributed by atoms with van der Waals surface area (Å²) < 4.78 is 0. The number of carbonyl (C=O) groups is 1. The number of nitrogens with zero attached hydrogens (tertiary/aromatic N) is 4. The van der Waals surface area contributed by atoms with Crippen molar-refractivity contribution in [3.05, 3.63) is 0 Å². The fraction of sp³-hybridized carbons (Fsp3) is 0.636. The van der Waals surface area contributed by atoms with E-state index in [2.05, 4.69) is 25.6 Å². The lowest BCUT2D eigenvalue weighted by atomic mass is 10.1. The molecule has 0 saturated carbocycles. The Hall–Kier alpha value is -2.12. The van der Waals surface area contributed by atoms with Crippen LogP contribution in [0.5, 0.6) is 0 Å². The SMILES string of the molecule is CN(C)c1nc(N)nc(NCC(=O)NC(C)(C)C)n1. The third kappa shape index (κ3) is 5.36. The van der Waals surface area contributed by atoms with E-state index in [-0.39, 0.29) is 29.9 Å². The standard InChI is InChI=1S/C11H21N7O/c1-11(2,3)17-7(19)6-13-9-14-8(12)15-10(16-9)18(4)5/h6H2,1-5H3,(H,17,19)(H3,12,13,14,15,16). The van der Waals surface area contributed by atoms with Gasteiger partial charge in [0.1, 0.15) is 0 Å². The smallest absolute Gasteiger partial charge is 0.239 e. The maximum Gasteiger partial charge on any atom is 0.239 e. The summed E-state index contributed by atoms with van der Waals surface area (Å²) in [6.07, 6.45) is 0. The second kappa shape index (κ2) is 5.68. The molecule has 1 heterocycles. The second-order valence-electron chi connectivity index (χ2n) is 5.36. The van der Waals surface area contributed by atoms with Crippen LogP contribution >= 0.6 is 0 Å². The van der Waals surface area contributed by atoms with E-state index in [9.17, 15) is 4.79 Å². The van der Waals surface area contributed by atoms with Gasteiger partial charge < -0.3 is 21.3 Å². The number of aromatic nitrogens is 3. The molecule has 0 aliphatic heterocycles. The Labute approximate surface area is 112 Å². The van der Waals surface area contributed by atoms with Crippen molar-refractivity contribution in [2.24, 2.45) is 0 Å². The van der Waals surface area contributed by atoms with E-state index >= 15 is 0 Å². The van der Waals surface area contributed by atoms with Crippen molar-refractivity contribution in [1.29, 1.82) is 0 Å². The van der Waals surface area contributed by atoms with Gasteiger partial charge in [0, 0.05) is 19.6 Å². The number of hydrogen-bond donors (Lipinski definition) is 3. The number of hydrogen-bond acceptors (Lipinski definition) is 7. The molecule has 1 aromatic rings. The fourth-order valence-electron chi connectivity index (χ4n) is 1.28. The monoisotopic (exact) mass is 267 g/mol. The van der Waals surface area contributed by atoms with Crippen molar-refractivity contribution in [3.63, 3.8) is 0 Å². The predicted octanol–water partition coefficient (Wildman–Crippen LogP) is -0.154. The highest BCUT2D eigenvalue weighted by Gasteiger charge is 2.14. The van der Waals surface area contributed by atoms with E-state index in [4.69, 9.17) is 5.73 Å². The first-order chi connectivity index (χ1) is 8.67. The highest BCUT2D eigenvalue weighted by Crippen LogP contribution is 2.08. The summed E-state index contributed by atoms with van der Waals surface area (Å²) in [7, 11) is 3.59. The summed E-state index contributed by atoms with van der Waals surface area (Å²) in [5.41, 5.74) is 5.30. The molecular formula is C11H21N7O. The summed E-state index contributed by atoms with van der Waals surface area (Å²) in [5.74, 6) is 0.682. The van der Waals surface area contributed by atoms with E-state index < -0.39 is 0 Å². The van der Waals surface area contributed by atoms with E-state index in [1.807, 2.05) is 20.8 Å². The lowest BCUT2D eigenvalue weighted by molar-refractivity contribution is -0.120. The number of nitrogens with one attached hydrogen (secondary N) is 2. The van der Waals surface area contributed by atoms with Crippen LogP contribution in [0.1, 0.15) is 20.8 Å². The molecule has 8 nitrogen and oxygen atoms in total. The Balaban J connectivity index is 2.65. The van der Waals surface area contributed by atoms with Crippen LogP contribution in [-0.2, 0) is 4.79 Å². The molecule has 4 N–H and O–H groups in total. The predicted molar refractivity (Wildman–Crippen MR) is 75.0 cm³/mol. The maximum absolute atomic E-state index is 11.6. The van der Waals surface area contributed by atoms with E-state index in [0.29, 0.717) is 5.95 Å². The number of amides is 1. The van der Waals surface area contributed by atoms with Crippen LogP contribution in [0.25, 0.3) is 0 Å². The minimum atomic E-state index is -0.272. The zero-order valence-electron chi connectivity index (χ0n) is 12.0. The molecular weight excluding hydrogens is 246 g/mol. The third-order valence-corrected chi connectivity index (χ3v) is 1.96. The molecule has 0 radical (unpaired) electrons. The van der Waals surface area contributed by atoms with Gasteiger partial charge in [-0.05, 0) is 20.8 Å². The molecule has 0 saturated heterocycles. The van der Waals surface area contributed by atoms with Gasteiger partial charge in [-0.1, -0.05) is 0 Å². The Morgan fingerprint density at radius 3 is 2.42 bits per heavy atom. The number of rotatable bonds is 4. The van der Waals surface area contributed by atoms with Gasteiger partial charge in [0.25, 0.3) is 0 Å². The summed E-state index contributed by atoms with van der Waals surface area (Å²) in [6, 6.07) is 0. The fourth-order valence-corrected chi connectivity index (χ4v) is 1.28. The zero-order chi connectivity index (χ0) is 14.6. The van der Waals surface area contributed by atoms with E-state index in [1.165, 1.54) is 0 Å². The molecule has 0 atom stereocenters. The molecule has 0 unspecified atom stereocenters. The number of carbonyl (C=O) groups excluding carboxylic acids is 1. The molecule has 0 aliphatic carbocycles. The summed E-state index contributed by atoms with van der Waals surface area (Å²) in [5, 5.41) is 5.65. The normalized spacial score (nSPS) is 11.0. The lowest BCUT2D eigenvalue weighted by Crippen LogP contribution is -2.43. The van der Waals surface area contributed by atoms with Crippen molar-refractivity contribution < 1.29 is 4.79 Å². The molecule has 0 spiro atoms. The van der Waals surface area contributed by atoms with E-state index in [1.54, 1.807) is 19.0 Å². The highest BCUT2D eigenvalue weighted by molar-refractivity contribution is 5.80. The molecule has 0 bridgehead atoms. The van der Waals surface area contributed by atoms with Crippen LogP contribution in [0.3, 0.4) is 0 Å². The Morgan fingerprint density at radius 2 is 1.89 bits per heavy atom. The van der Waals surface area contributed by atoms with Crippen molar-refractivity contribution in [2.75, 3.05) is 36.6 Å². The van der Waals surface area contributed by atoms with Crippen LogP contribution < -0.4 is 21.3 Å². The minimum absolute atomic E-state index is 0.0770. The van der Waals surface area contributed by atoms with E-state index in [0.717, 1.165) is 0 Å². The molecule has 1 rings (SSSR count). The van der Waals surface area contributed by atoms with Crippen LogP contribution in [0, 0.1) is 0 Å². The molecule has 1 aromatic heterocycles. The second-order valence-corrected chi connectivity index (χ2v) is 5.36. The molecule has 8 heteroatoms. The van der Waals surface area contributed by atoms with Gasteiger partial charge in [0.15, 0.2) is 0 Å². The van der Waals surface area contributed by atoms with Gasteiger partial charge in [-0.3, -0.25) is 4.79 Å². The zero-order valence-corrected chi connectivity index (χ0v) is 12.0. The highest BCUT2D eigenvalue weighted by atomic mass is 16.2. The average Bonchev–Trinajstić information content (AvgIpc) is 2.23. The topological polar surface area (TPSA) is 109 Å². The summed E-state index contributed by atoms with van der Waals surface area (Å²) >= 11 is 0. The van der Waals surface area contributed by atoms with Crippen LogP contribution in [0.4, 0.5) is 17.8 Å². The Kier molecular flexibility index (Phi) is 4.47. The lowest BCUT2D eigenvalue weighted by Gasteiger charge is -2.20. The quantitative estimate of drug-likeness (QED) is 0.695. The third-order valence-electron chi connectivity index (χ3n) is 1.96. The van der Waals surface area contributed by atoms with Gasteiger partial charge in [0.2, 0.25) is 23.8 Å². The maximum atomic E-state index is 11.6. The van der Waals surface area contributed by atoms with Crippen molar-refractivity contribution in [2.45, 2.75) is 26.3 Å². The van der Waals surface area contributed by atoms with Crippen LogP contribution in [0.15, 0.2) is 0 Å². The van der Waals surface area contributed by atoms with Crippen molar-refractivity contribution in [1.82, 2.24) is 20.3 Å². The Morgan fingerprint density at radius 1 is 1.26 bits per heavy atom. The average molecular weight is 267 g/mol. The first-order valence-corrected chi connectivity index (χ1v) is 5.91. The van der Waals surface area contributed by atoms with Crippen molar-refractivity contribution >= 4 is 23.8 Å². The largest absolute Gasteiger partial charge is 0.368 e. The number of nitrogen functional groups attached to an aromatic ring is 1. The molecule has 0 aliphatic rings. The Bertz CT molecular complexity index is 453. The minimum Gasteiger partial charge on any atom is -0.368 e. The molecule has 1 amide bonds. The number of nitrogens with two attached hydrogens (primary N) is 1. The van der Waals surface area contributed by atoms with Crippen LogP contribution in [0.2, 0.25) is 0 Å². The molecule has 0 fully saturated rings. The van der Waals surface area contributed by atoms with Crippen LogP contribution in [-0.4, -0.2) is 47.0 Å². The van der Waals surface area contributed by atoms with Gasteiger partial charge in [-0.25, -0.2) is 0 Å². The van der Waals surface area contributed by atoms with Crippen molar-refractivity contribution in [3.8, 4) is 0 Å². The van der Waals surface area contributed by atoms with Gasteiger partial charge in [-0.2, -0.15) is 15.0 Å². The summed E-state index contributed by atoms with van der Waals surface area (Å²) in [4.78, 5) is 25.4.